The number of thioether (sulfide) groups is 1. The Bertz CT molecular complexity index is 989. The lowest BCUT2D eigenvalue weighted by Gasteiger charge is -2.34. The van der Waals surface area contributed by atoms with Crippen molar-refractivity contribution in [1.29, 1.82) is 0 Å². The van der Waals surface area contributed by atoms with Crippen molar-refractivity contribution < 1.29 is 4.79 Å². The molecule has 0 spiro atoms. The molecule has 7 heteroatoms. The van der Waals surface area contributed by atoms with Gasteiger partial charge in [-0.2, -0.15) is 0 Å². The van der Waals surface area contributed by atoms with E-state index >= 15 is 0 Å². The minimum absolute atomic E-state index is 0.0291. The van der Waals surface area contributed by atoms with Crippen molar-refractivity contribution >= 4 is 50.2 Å². The second-order valence-electron chi connectivity index (χ2n) is 7.08. The summed E-state index contributed by atoms with van der Waals surface area (Å²) in [5.74, 6) is 0. The average molecular weight is 413 g/mol. The zero-order valence-electron chi connectivity index (χ0n) is 16.4. The topological polar surface area (TPSA) is 48.5 Å². The number of carbonyl (C=O) groups excluding carboxylic acids is 1. The number of amides is 2. The second-order valence-corrected chi connectivity index (χ2v) is 8.94. The van der Waals surface area contributed by atoms with Crippen molar-refractivity contribution in [3.8, 4) is 0 Å². The molecule has 0 aliphatic carbocycles. The van der Waals surface area contributed by atoms with Gasteiger partial charge in [0.05, 0.1) is 10.2 Å². The summed E-state index contributed by atoms with van der Waals surface area (Å²) in [6, 6.07) is 12.4. The van der Waals surface area contributed by atoms with Crippen molar-refractivity contribution in [2.75, 3.05) is 42.7 Å². The number of fused-ring (bicyclic) bond motifs is 1. The molecule has 5 nitrogen and oxygen atoms in total. The molecule has 146 valence electrons. The maximum Gasteiger partial charge on any atom is 0.321 e. The highest BCUT2D eigenvalue weighted by molar-refractivity contribution is 7.98. The summed E-state index contributed by atoms with van der Waals surface area (Å²) in [7, 11) is 0. The highest BCUT2D eigenvalue weighted by Gasteiger charge is 2.23. The first-order chi connectivity index (χ1) is 13.5. The molecular weight excluding hydrogens is 388 g/mol. The predicted molar refractivity (Wildman–Crippen MR) is 120 cm³/mol. The lowest BCUT2D eigenvalue weighted by molar-refractivity contribution is 0.208. The Balaban J connectivity index is 1.41. The van der Waals surface area contributed by atoms with E-state index in [1.165, 1.54) is 9.60 Å². The summed E-state index contributed by atoms with van der Waals surface area (Å²) in [6.45, 7) is 7.08. The quantitative estimate of drug-likeness (QED) is 0.616. The molecule has 1 saturated heterocycles. The molecule has 28 heavy (non-hydrogen) atoms. The zero-order valence-corrected chi connectivity index (χ0v) is 18.0. The standard InChI is InChI=1S/C21H24N4OS2/c1-14-11-15(2)13-16(12-14)22-20(26)24-7-9-25(10-8-24)21-23-19-17(27-3)5-4-6-18(19)28-21/h4-6,11-13H,7-10H2,1-3H3,(H,22,26). The molecule has 0 unspecified atom stereocenters. The van der Waals surface area contributed by atoms with Crippen LogP contribution in [-0.2, 0) is 0 Å². The highest BCUT2D eigenvalue weighted by Crippen LogP contribution is 2.34. The first-order valence-corrected chi connectivity index (χ1v) is 11.4. The molecular formula is C21H24N4OS2. The van der Waals surface area contributed by atoms with Gasteiger partial charge < -0.3 is 15.1 Å². The van der Waals surface area contributed by atoms with E-state index in [9.17, 15) is 4.79 Å². The number of nitrogens with one attached hydrogen (secondary N) is 1. The van der Waals surface area contributed by atoms with Gasteiger partial charge in [0, 0.05) is 36.8 Å². The first kappa shape index (κ1) is 19.1. The van der Waals surface area contributed by atoms with Crippen LogP contribution in [0, 0.1) is 13.8 Å². The van der Waals surface area contributed by atoms with Crippen LogP contribution in [0.3, 0.4) is 0 Å². The molecule has 0 saturated carbocycles. The first-order valence-electron chi connectivity index (χ1n) is 9.36. The molecule has 0 radical (unpaired) electrons. The maximum absolute atomic E-state index is 12.6. The van der Waals surface area contributed by atoms with Crippen molar-refractivity contribution in [3.05, 3.63) is 47.5 Å². The normalized spacial score (nSPS) is 14.5. The van der Waals surface area contributed by atoms with E-state index in [1.807, 2.05) is 30.9 Å². The van der Waals surface area contributed by atoms with Crippen molar-refractivity contribution in [1.82, 2.24) is 9.88 Å². The van der Waals surface area contributed by atoms with Crippen LogP contribution >= 0.6 is 23.1 Å². The zero-order chi connectivity index (χ0) is 19.7. The van der Waals surface area contributed by atoms with Gasteiger partial charge in [-0.1, -0.05) is 23.5 Å². The summed E-state index contributed by atoms with van der Waals surface area (Å²) in [6.07, 6.45) is 2.08. The van der Waals surface area contributed by atoms with Gasteiger partial charge in [-0.3, -0.25) is 0 Å². The fraction of sp³-hybridized carbons (Fsp3) is 0.333. The van der Waals surface area contributed by atoms with Crippen LogP contribution in [0.4, 0.5) is 15.6 Å². The second kappa shape index (κ2) is 8.01. The highest BCUT2D eigenvalue weighted by atomic mass is 32.2. The third-order valence-corrected chi connectivity index (χ3v) is 6.75. The third-order valence-electron chi connectivity index (χ3n) is 4.90. The van der Waals surface area contributed by atoms with Gasteiger partial charge >= 0.3 is 6.03 Å². The molecule has 1 aromatic heterocycles. The number of benzene rings is 2. The number of carbonyl (C=O) groups is 1. The SMILES string of the molecule is CSc1cccc2sc(N3CCN(C(=O)Nc4cc(C)cc(C)c4)CC3)nc12. The van der Waals surface area contributed by atoms with Gasteiger partial charge in [0.25, 0.3) is 0 Å². The Labute approximate surface area is 173 Å². The Kier molecular flexibility index (Phi) is 5.46. The Morgan fingerprint density at radius 3 is 2.50 bits per heavy atom. The lowest BCUT2D eigenvalue weighted by atomic mass is 10.1. The van der Waals surface area contributed by atoms with E-state index in [-0.39, 0.29) is 6.03 Å². The van der Waals surface area contributed by atoms with Crippen LogP contribution < -0.4 is 10.2 Å². The summed E-state index contributed by atoms with van der Waals surface area (Å²) in [5.41, 5.74) is 4.26. The molecule has 1 aliphatic heterocycles. The molecule has 2 amide bonds. The molecule has 1 aliphatic rings. The number of hydrogen-bond donors (Lipinski definition) is 1. The van der Waals surface area contributed by atoms with Crippen molar-refractivity contribution in [3.63, 3.8) is 0 Å². The van der Waals surface area contributed by atoms with Gasteiger partial charge in [-0.05, 0) is 55.5 Å². The monoisotopic (exact) mass is 412 g/mol. The van der Waals surface area contributed by atoms with E-state index in [4.69, 9.17) is 4.98 Å². The largest absolute Gasteiger partial charge is 0.345 e. The average Bonchev–Trinajstić information content (AvgIpc) is 3.11. The fourth-order valence-electron chi connectivity index (χ4n) is 3.56. The van der Waals surface area contributed by atoms with E-state index in [2.05, 4.69) is 40.7 Å². The van der Waals surface area contributed by atoms with E-state index in [1.54, 1.807) is 23.1 Å². The van der Waals surface area contributed by atoms with E-state index in [0.29, 0.717) is 13.1 Å². The maximum atomic E-state index is 12.6. The molecule has 1 fully saturated rings. The Morgan fingerprint density at radius 2 is 1.82 bits per heavy atom. The molecule has 0 atom stereocenters. The predicted octanol–water partition coefficient (Wildman–Crippen LogP) is 4.99. The minimum Gasteiger partial charge on any atom is -0.345 e. The summed E-state index contributed by atoms with van der Waals surface area (Å²) in [4.78, 5) is 22.9. The van der Waals surface area contributed by atoms with Gasteiger partial charge in [0.2, 0.25) is 0 Å². The number of piperazine rings is 1. The van der Waals surface area contributed by atoms with Crippen LogP contribution in [0.1, 0.15) is 11.1 Å². The number of aromatic nitrogens is 1. The van der Waals surface area contributed by atoms with Crippen molar-refractivity contribution in [2.24, 2.45) is 0 Å². The number of nitrogens with zero attached hydrogens (tertiary/aromatic N) is 3. The lowest BCUT2D eigenvalue weighted by Crippen LogP contribution is -2.50. The summed E-state index contributed by atoms with van der Waals surface area (Å²) >= 11 is 3.46. The molecule has 4 rings (SSSR count). The molecule has 0 bridgehead atoms. The summed E-state index contributed by atoms with van der Waals surface area (Å²) < 4.78 is 1.22. The van der Waals surface area contributed by atoms with E-state index in [0.717, 1.165) is 40.6 Å². The number of hydrogen-bond acceptors (Lipinski definition) is 5. The smallest absolute Gasteiger partial charge is 0.321 e. The minimum atomic E-state index is -0.0291. The fourth-order valence-corrected chi connectivity index (χ4v) is 5.23. The Morgan fingerprint density at radius 1 is 1.11 bits per heavy atom. The number of urea groups is 1. The molecule has 2 aromatic carbocycles. The van der Waals surface area contributed by atoms with Gasteiger partial charge in [0.1, 0.15) is 0 Å². The summed E-state index contributed by atoms with van der Waals surface area (Å²) in [5, 5.41) is 4.08. The van der Waals surface area contributed by atoms with Crippen LogP contribution in [0.2, 0.25) is 0 Å². The third kappa shape index (κ3) is 3.95. The molecule has 1 N–H and O–H groups in total. The van der Waals surface area contributed by atoms with Crippen LogP contribution in [0.15, 0.2) is 41.3 Å². The van der Waals surface area contributed by atoms with Gasteiger partial charge in [-0.15, -0.1) is 11.8 Å². The Hall–Kier alpha value is -2.25. The number of anilines is 2. The van der Waals surface area contributed by atoms with E-state index < -0.39 is 0 Å². The van der Waals surface area contributed by atoms with Crippen LogP contribution in [0.5, 0.6) is 0 Å². The number of thiazole rings is 1. The number of para-hydroxylation sites is 1. The van der Waals surface area contributed by atoms with Crippen LogP contribution in [-0.4, -0.2) is 48.3 Å². The van der Waals surface area contributed by atoms with Crippen molar-refractivity contribution in [2.45, 2.75) is 18.7 Å². The molecule has 2 heterocycles. The number of rotatable bonds is 3. The van der Waals surface area contributed by atoms with Gasteiger partial charge in [0.15, 0.2) is 5.13 Å². The van der Waals surface area contributed by atoms with Crippen LogP contribution in [0.25, 0.3) is 10.2 Å². The molecule has 3 aromatic rings. The number of aryl methyl sites for hydroxylation is 2. The van der Waals surface area contributed by atoms with Gasteiger partial charge in [-0.25, -0.2) is 9.78 Å².